The average Bonchev–Trinajstić information content (AvgIpc) is 2.67. The summed E-state index contributed by atoms with van der Waals surface area (Å²) in [5.41, 5.74) is 4.49. The summed E-state index contributed by atoms with van der Waals surface area (Å²) in [6, 6.07) is 4.21. The number of benzene rings is 1. The molecule has 5 heteroatoms. The summed E-state index contributed by atoms with van der Waals surface area (Å²) in [6.45, 7) is 6.94. The molecule has 1 heterocycles. The molecule has 1 aromatic heterocycles. The van der Waals surface area contributed by atoms with Crippen LogP contribution in [0.3, 0.4) is 0 Å². The van der Waals surface area contributed by atoms with Crippen LogP contribution in [-0.2, 0) is 17.2 Å². The number of aromatic nitrogens is 2. The second kappa shape index (κ2) is 5.61. The smallest absolute Gasteiger partial charge is 0.216 e. The molecule has 4 nitrogen and oxygen atoms in total. The predicted octanol–water partition coefficient (Wildman–Crippen LogP) is 2.53. The van der Waals surface area contributed by atoms with Crippen molar-refractivity contribution in [2.75, 3.05) is 6.54 Å². The largest absolute Gasteiger partial charge is 0.355 e. The van der Waals surface area contributed by atoms with Crippen molar-refractivity contribution < 1.29 is 4.79 Å². The first-order valence-electron chi connectivity index (χ1n) is 6.29. The lowest BCUT2D eigenvalue weighted by molar-refractivity contribution is -0.118. The Hall–Kier alpha value is -1.55. The van der Waals surface area contributed by atoms with Gasteiger partial charge < -0.3 is 9.88 Å². The third-order valence-corrected chi connectivity index (χ3v) is 3.51. The molecule has 2 aromatic rings. The number of hydrogen-bond donors (Lipinski definition) is 1. The highest BCUT2D eigenvalue weighted by Gasteiger charge is 2.11. The monoisotopic (exact) mass is 279 g/mol. The van der Waals surface area contributed by atoms with Crippen LogP contribution in [0.15, 0.2) is 12.1 Å². The van der Waals surface area contributed by atoms with Crippen molar-refractivity contribution >= 4 is 28.5 Å². The predicted molar refractivity (Wildman–Crippen MR) is 77.4 cm³/mol. The van der Waals surface area contributed by atoms with Gasteiger partial charge in [-0.3, -0.25) is 4.79 Å². The van der Waals surface area contributed by atoms with E-state index >= 15 is 0 Å². The molecule has 0 saturated carbocycles. The molecule has 0 saturated heterocycles. The first-order valence-corrected chi connectivity index (χ1v) is 6.83. The van der Waals surface area contributed by atoms with E-state index in [0.29, 0.717) is 19.0 Å². The van der Waals surface area contributed by atoms with Crippen LogP contribution in [0, 0.1) is 13.8 Å². The molecule has 102 valence electrons. The molecule has 1 aromatic carbocycles. The SMILES string of the molecule is CC(=O)NCCn1c(CCl)nc2cc(C)c(C)cc21. The third-order valence-electron chi connectivity index (χ3n) is 3.27. The van der Waals surface area contributed by atoms with E-state index in [-0.39, 0.29) is 5.91 Å². The molecule has 0 aliphatic rings. The van der Waals surface area contributed by atoms with Crippen LogP contribution in [0.2, 0.25) is 0 Å². The summed E-state index contributed by atoms with van der Waals surface area (Å²) in [5, 5.41) is 2.80. The minimum atomic E-state index is -0.0242. The van der Waals surface area contributed by atoms with E-state index in [0.717, 1.165) is 16.9 Å². The van der Waals surface area contributed by atoms with Gasteiger partial charge in [0, 0.05) is 20.0 Å². The Morgan fingerprint density at radius 1 is 1.37 bits per heavy atom. The fraction of sp³-hybridized carbons (Fsp3) is 0.429. The molecular formula is C14H18ClN3O. The number of fused-ring (bicyclic) bond motifs is 1. The van der Waals surface area contributed by atoms with Gasteiger partial charge in [0.25, 0.3) is 0 Å². The maximum absolute atomic E-state index is 10.9. The van der Waals surface area contributed by atoms with Crippen LogP contribution < -0.4 is 5.32 Å². The second-order valence-electron chi connectivity index (χ2n) is 4.72. The minimum Gasteiger partial charge on any atom is -0.355 e. The van der Waals surface area contributed by atoms with Gasteiger partial charge in [0.2, 0.25) is 5.91 Å². The van der Waals surface area contributed by atoms with E-state index in [4.69, 9.17) is 11.6 Å². The summed E-state index contributed by atoms with van der Waals surface area (Å²) in [6.07, 6.45) is 0. The molecule has 0 fully saturated rings. The number of carbonyl (C=O) groups is 1. The molecular weight excluding hydrogens is 262 g/mol. The van der Waals surface area contributed by atoms with Gasteiger partial charge >= 0.3 is 0 Å². The zero-order chi connectivity index (χ0) is 14.0. The summed E-state index contributed by atoms with van der Waals surface area (Å²) < 4.78 is 2.07. The van der Waals surface area contributed by atoms with Crippen molar-refractivity contribution in [2.24, 2.45) is 0 Å². The number of carbonyl (C=O) groups excluding carboxylic acids is 1. The Balaban J connectivity index is 2.39. The zero-order valence-corrected chi connectivity index (χ0v) is 12.2. The van der Waals surface area contributed by atoms with Gasteiger partial charge in [0.05, 0.1) is 16.9 Å². The van der Waals surface area contributed by atoms with Gasteiger partial charge in [0.1, 0.15) is 5.82 Å². The number of aryl methyl sites for hydroxylation is 2. The number of alkyl halides is 1. The van der Waals surface area contributed by atoms with Crippen LogP contribution in [0.4, 0.5) is 0 Å². The molecule has 0 spiro atoms. The van der Waals surface area contributed by atoms with Crippen molar-refractivity contribution in [3.63, 3.8) is 0 Å². The van der Waals surface area contributed by atoms with E-state index in [1.165, 1.54) is 18.1 Å². The lowest BCUT2D eigenvalue weighted by atomic mass is 10.1. The van der Waals surface area contributed by atoms with E-state index in [2.05, 4.69) is 40.8 Å². The first kappa shape index (κ1) is 13.9. The van der Waals surface area contributed by atoms with Gasteiger partial charge in [-0.1, -0.05) is 0 Å². The average molecular weight is 280 g/mol. The zero-order valence-electron chi connectivity index (χ0n) is 11.5. The molecule has 0 unspecified atom stereocenters. The van der Waals surface area contributed by atoms with Crippen molar-refractivity contribution in [1.82, 2.24) is 14.9 Å². The minimum absolute atomic E-state index is 0.0242. The van der Waals surface area contributed by atoms with Crippen LogP contribution >= 0.6 is 11.6 Å². The first-order chi connectivity index (χ1) is 9.02. The van der Waals surface area contributed by atoms with Crippen LogP contribution in [-0.4, -0.2) is 22.0 Å². The molecule has 0 radical (unpaired) electrons. The number of amides is 1. The number of nitrogens with one attached hydrogen (secondary N) is 1. The molecule has 19 heavy (non-hydrogen) atoms. The summed E-state index contributed by atoms with van der Waals surface area (Å²) in [5.74, 6) is 1.18. The molecule has 0 aliphatic carbocycles. The van der Waals surface area contributed by atoms with Crippen LogP contribution in [0.25, 0.3) is 11.0 Å². The maximum atomic E-state index is 10.9. The van der Waals surface area contributed by atoms with Crippen LogP contribution in [0.1, 0.15) is 23.9 Å². The Morgan fingerprint density at radius 3 is 2.68 bits per heavy atom. The van der Waals surface area contributed by atoms with Crippen molar-refractivity contribution in [3.8, 4) is 0 Å². The van der Waals surface area contributed by atoms with E-state index < -0.39 is 0 Å². The fourth-order valence-electron chi connectivity index (χ4n) is 2.13. The third kappa shape index (κ3) is 2.89. The highest BCUT2D eigenvalue weighted by molar-refractivity contribution is 6.16. The molecule has 0 aliphatic heterocycles. The molecule has 1 amide bonds. The van der Waals surface area contributed by atoms with Crippen molar-refractivity contribution in [2.45, 2.75) is 33.2 Å². The summed E-state index contributed by atoms with van der Waals surface area (Å²) >= 11 is 5.95. The van der Waals surface area contributed by atoms with Crippen molar-refractivity contribution in [1.29, 1.82) is 0 Å². The number of halogens is 1. The molecule has 0 bridgehead atoms. The Labute approximate surface area is 117 Å². The highest BCUT2D eigenvalue weighted by Crippen LogP contribution is 2.21. The lowest BCUT2D eigenvalue weighted by Crippen LogP contribution is -2.24. The molecule has 0 atom stereocenters. The molecule has 2 rings (SSSR count). The maximum Gasteiger partial charge on any atom is 0.216 e. The van der Waals surface area contributed by atoms with Gasteiger partial charge in [-0.15, -0.1) is 11.6 Å². The number of imidazole rings is 1. The van der Waals surface area contributed by atoms with E-state index in [1.54, 1.807) is 0 Å². The van der Waals surface area contributed by atoms with Crippen molar-refractivity contribution in [3.05, 3.63) is 29.1 Å². The highest BCUT2D eigenvalue weighted by atomic mass is 35.5. The van der Waals surface area contributed by atoms with E-state index in [9.17, 15) is 4.79 Å². The quantitative estimate of drug-likeness (QED) is 0.874. The number of rotatable bonds is 4. The molecule has 1 N–H and O–H groups in total. The summed E-state index contributed by atoms with van der Waals surface area (Å²) in [4.78, 5) is 15.5. The van der Waals surface area contributed by atoms with Gasteiger partial charge in [-0.05, 0) is 37.1 Å². The topological polar surface area (TPSA) is 46.9 Å². The van der Waals surface area contributed by atoms with Gasteiger partial charge in [-0.2, -0.15) is 0 Å². The lowest BCUT2D eigenvalue weighted by Gasteiger charge is -2.09. The Bertz CT molecular complexity index is 619. The number of hydrogen-bond acceptors (Lipinski definition) is 2. The van der Waals surface area contributed by atoms with Gasteiger partial charge in [0.15, 0.2) is 0 Å². The fourth-order valence-corrected chi connectivity index (χ4v) is 2.33. The Morgan fingerprint density at radius 2 is 2.05 bits per heavy atom. The Kier molecular flexibility index (Phi) is 4.10. The second-order valence-corrected chi connectivity index (χ2v) is 4.99. The number of nitrogens with zero attached hydrogens (tertiary/aromatic N) is 2. The standard InChI is InChI=1S/C14H18ClN3O/c1-9-6-12-13(7-10(9)2)18(14(8-15)17-12)5-4-16-11(3)19/h6-7H,4-5,8H2,1-3H3,(H,16,19). The van der Waals surface area contributed by atoms with Gasteiger partial charge in [-0.25, -0.2) is 4.98 Å². The normalized spacial score (nSPS) is 10.9. The summed E-state index contributed by atoms with van der Waals surface area (Å²) in [7, 11) is 0. The van der Waals surface area contributed by atoms with Crippen LogP contribution in [0.5, 0.6) is 0 Å². The van der Waals surface area contributed by atoms with E-state index in [1.807, 2.05) is 0 Å².